The molecule has 2 aromatic rings. The van der Waals surface area contributed by atoms with Crippen LogP contribution in [0.4, 0.5) is 10.1 Å². The highest BCUT2D eigenvalue weighted by Gasteiger charge is 2.18. The van der Waals surface area contributed by atoms with E-state index in [-0.39, 0.29) is 10.1 Å². The highest BCUT2D eigenvalue weighted by molar-refractivity contribution is 7.18. The molecule has 1 unspecified atom stereocenters. The van der Waals surface area contributed by atoms with E-state index in [4.69, 9.17) is 5.73 Å². The van der Waals surface area contributed by atoms with Crippen LogP contribution in [0, 0.1) is 10.1 Å². The highest BCUT2D eigenvalue weighted by Crippen LogP contribution is 2.24. The molecule has 0 radical (unpaired) electrons. The van der Waals surface area contributed by atoms with E-state index in [0.29, 0.717) is 6.42 Å². The summed E-state index contributed by atoms with van der Waals surface area (Å²) >= 11 is 0.795. The molecular weight excluding hydrogens is 280 g/mol. The Bertz CT molecular complexity index is 614. The number of hydrogen-bond donors (Lipinski definition) is 2. The summed E-state index contributed by atoms with van der Waals surface area (Å²) in [6, 6.07) is 8.63. The van der Waals surface area contributed by atoms with Crippen molar-refractivity contribution >= 4 is 27.4 Å². The summed E-state index contributed by atoms with van der Waals surface area (Å²) in [5, 5.41) is 13.0. The van der Waals surface area contributed by atoms with Crippen LogP contribution < -0.4 is 11.1 Å². The average molecular weight is 292 g/mol. The first-order valence-corrected chi connectivity index (χ1v) is 6.58. The van der Waals surface area contributed by atoms with E-state index >= 15 is 0 Å². The molecule has 0 aliphatic heterocycles. The van der Waals surface area contributed by atoms with Crippen LogP contribution in [0.1, 0.15) is 5.56 Å². The number of nitrogens with one attached hydrogen (secondary N) is 1. The third-order valence-electron chi connectivity index (χ3n) is 2.54. The van der Waals surface area contributed by atoms with Crippen molar-refractivity contribution in [3.63, 3.8) is 0 Å². The zero-order valence-corrected chi connectivity index (χ0v) is 11.2. The number of carbonyl (C=O) groups is 1. The topological polar surface area (TPSA) is 111 Å². The number of nitrogens with zero attached hydrogens (tertiary/aromatic N) is 2. The minimum atomic E-state index is -0.736. The summed E-state index contributed by atoms with van der Waals surface area (Å²) in [6.07, 6.45) is 1.49. The lowest BCUT2D eigenvalue weighted by Gasteiger charge is -2.10. The van der Waals surface area contributed by atoms with Crippen LogP contribution in [-0.2, 0) is 11.2 Å². The summed E-state index contributed by atoms with van der Waals surface area (Å²) in [5.41, 5.74) is 6.74. The number of aromatic nitrogens is 1. The molecule has 2 rings (SSSR count). The van der Waals surface area contributed by atoms with Crippen molar-refractivity contribution in [3.05, 3.63) is 52.2 Å². The first-order valence-electron chi connectivity index (χ1n) is 5.77. The minimum Gasteiger partial charge on any atom is -0.320 e. The largest absolute Gasteiger partial charge is 0.345 e. The monoisotopic (exact) mass is 292 g/mol. The van der Waals surface area contributed by atoms with Crippen LogP contribution in [0.15, 0.2) is 36.5 Å². The molecule has 0 spiro atoms. The molecule has 0 aliphatic rings. The van der Waals surface area contributed by atoms with Gasteiger partial charge < -0.3 is 11.1 Å². The first kappa shape index (κ1) is 14.1. The summed E-state index contributed by atoms with van der Waals surface area (Å²) in [7, 11) is 0. The molecule has 7 nitrogen and oxygen atoms in total. The molecule has 1 aromatic carbocycles. The zero-order chi connectivity index (χ0) is 14.5. The molecule has 1 aromatic heterocycles. The second-order valence-corrected chi connectivity index (χ2v) is 5.06. The van der Waals surface area contributed by atoms with E-state index in [1.165, 1.54) is 0 Å². The van der Waals surface area contributed by atoms with E-state index in [2.05, 4.69) is 10.3 Å². The minimum absolute atomic E-state index is 0.128. The van der Waals surface area contributed by atoms with E-state index < -0.39 is 16.9 Å². The third-order valence-corrected chi connectivity index (χ3v) is 3.40. The van der Waals surface area contributed by atoms with Crippen LogP contribution >= 0.6 is 11.3 Å². The number of benzene rings is 1. The average Bonchev–Trinajstić information content (AvgIpc) is 2.88. The fraction of sp³-hybridized carbons (Fsp3) is 0.167. The van der Waals surface area contributed by atoms with Gasteiger partial charge in [-0.1, -0.05) is 30.3 Å². The first-order chi connectivity index (χ1) is 9.56. The van der Waals surface area contributed by atoms with Gasteiger partial charge in [0.1, 0.15) is 6.20 Å². The molecule has 1 heterocycles. The van der Waals surface area contributed by atoms with Gasteiger partial charge in [-0.15, -0.1) is 0 Å². The molecule has 3 N–H and O–H groups in total. The van der Waals surface area contributed by atoms with Gasteiger partial charge in [0.2, 0.25) is 5.91 Å². The Labute approximate surface area is 118 Å². The Morgan fingerprint density at radius 3 is 2.75 bits per heavy atom. The second-order valence-electron chi connectivity index (χ2n) is 4.05. The van der Waals surface area contributed by atoms with Gasteiger partial charge in [0, 0.05) is 0 Å². The van der Waals surface area contributed by atoms with Gasteiger partial charge in [0.15, 0.2) is 5.13 Å². The Balaban J connectivity index is 1.95. The highest BCUT2D eigenvalue weighted by atomic mass is 32.1. The maximum Gasteiger partial charge on any atom is 0.345 e. The van der Waals surface area contributed by atoms with Crippen molar-refractivity contribution in [1.82, 2.24) is 4.98 Å². The van der Waals surface area contributed by atoms with Crippen LogP contribution in [0.25, 0.3) is 0 Å². The number of carbonyl (C=O) groups excluding carboxylic acids is 1. The molecular formula is C12H12N4O3S. The summed E-state index contributed by atoms with van der Waals surface area (Å²) in [6.45, 7) is 0. The van der Waals surface area contributed by atoms with E-state index in [0.717, 1.165) is 23.1 Å². The lowest BCUT2D eigenvalue weighted by Crippen LogP contribution is -2.37. The second kappa shape index (κ2) is 6.22. The lowest BCUT2D eigenvalue weighted by atomic mass is 10.1. The van der Waals surface area contributed by atoms with Gasteiger partial charge in [-0.3, -0.25) is 14.9 Å². The Morgan fingerprint density at radius 2 is 2.15 bits per heavy atom. The number of rotatable bonds is 5. The van der Waals surface area contributed by atoms with E-state index in [1.54, 1.807) is 0 Å². The fourth-order valence-electron chi connectivity index (χ4n) is 1.57. The Morgan fingerprint density at radius 1 is 1.45 bits per heavy atom. The number of nitrogens with two attached hydrogens (primary N) is 1. The molecule has 0 bridgehead atoms. The van der Waals surface area contributed by atoms with Gasteiger partial charge in [-0.05, 0) is 23.3 Å². The van der Waals surface area contributed by atoms with Crippen LogP contribution in [0.5, 0.6) is 0 Å². The summed E-state index contributed by atoms with van der Waals surface area (Å²) in [5.74, 6) is -0.418. The summed E-state index contributed by atoms with van der Waals surface area (Å²) in [4.78, 5) is 25.6. The Kier molecular flexibility index (Phi) is 4.38. The number of anilines is 1. The maximum absolute atomic E-state index is 11.9. The maximum atomic E-state index is 11.9. The predicted molar refractivity (Wildman–Crippen MR) is 75.5 cm³/mol. The van der Waals surface area contributed by atoms with Gasteiger partial charge >= 0.3 is 5.00 Å². The van der Waals surface area contributed by atoms with Crippen LogP contribution in [0.2, 0.25) is 0 Å². The lowest BCUT2D eigenvalue weighted by molar-refractivity contribution is -0.380. The van der Waals surface area contributed by atoms with Crippen molar-refractivity contribution in [1.29, 1.82) is 0 Å². The SMILES string of the molecule is NC(Cc1ccccc1)C(=O)Nc1ncc([N+](=O)[O-])s1. The molecule has 0 saturated carbocycles. The predicted octanol–water partition coefficient (Wildman–Crippen LogP) is 1.56. The molecule has 1 atom stereocenters. The molecule has 8 heteroatoms. The molecule has 1 amide bonds. The normalized spacial score (nSPS) is 11.8. The van der Waals surface area contributed by atoms with Crippen molar-refractivity contribution in [2.75, 3.05) is 5.32 Å². The number of nitro groups is 1. The van der Waals surface area contributed by atoms with Crippen molar-refractivity contribution < 1.29 is 9.72 Å². The zero-order valence-electron chi connectivity index (χ0n) is 10.4. The molecule has 0 saturated heterocycles. The number of thiazole rings is 1. The Hall–Kier alpha value is -2.32. The smallest absolute Gasteiger partial charge is 0.320 e. The van der Waals surface area contributed by atoms with Crippen LogP contribution in [-0.4, -0.2) is 21.9 Å². The molecule has 0 fully saturated rings. The van der Waals surface area contributed by atoms with Gasteiger partial charge in [0.25, 0.3) is 0 Å². The number of hydrogen-bond acceptors (Lipinski definition) is 6. The quantitative estimate of drug-likeness (QED) is 0.641. The van der Waals surface area contributed by atoms with Gasteiger partial charge in [0.05, 0.1) is 11.0 Å². The van der Waals surface area contributed by atoms with Gasteiger partial charge in [-0.25, -0.2) is 4.98 Å². The van der Waals surface area contributed by atoms with E-state index in [1.807, 2.05) is 30.3 Å². The van der Waals surface area contributed by atoms with Crippen molar-refractivity contribution in [3.8, 4) is 0 Å². The molecule has 104 valence electrons. The van der Waals surface area contributed by atoms with Crippen LogP contribution in [0.3, 0.4) is 0 Å². The molecule has 0 aliphatic carbocycles. The van der Waals surface area contributed by atoms with E-state index in [9.17, 15) is 14.9 Å². The standard InChI is InChI=1S/C12H12N4O3S/c13-9(6-8-4-2-1-3-5-8)11(17)15-12-14-7-10(20-12)16(18)19/h1-5,7,9H,6,13H2,(H,14,15,17). The summed E-state index contributed by atoms with van der Waals surface area (Å²) < 4.78 is 0. The van der Waals surface area contributed by atoms with Gasteiger partial charge in [-0.2, -0.15) is 0 Å². The van der Waals surface area contributed by atoms with Crippen molar-refractivity contribution in [2.24, 2.45) is 5.73 Å². The number of amides is 1. The van der Waals surface area contributed by atoms with Crippen molar-refractivity contribution in [2.45, 2.75) is 12.5 Å². The third kappa shape index (κ3) is 3.59. The fourth-order valence-corrected chi connectivity index (χ4v) is 2.20. The molecule has 20 heavy (non-hydrogen) atoms.